The monoisotopic (exact) mass is 550 g/mol. The lowest BCUT2D eigenvalue weighted by atomic mass is 10.1. The number of hydrogen-bond acceptors (Lipinski definition) is 3. The number of benzene rings is 3. The molecule has 3 aromatic carbocycles. The molecule has 4 rings (SSSR count). The first-order chi connectivity index (χ1) is 15.3. The first-order valence-corrected chi connectivity index (χ1v) is 11.2. The Morgan fingerprint density at radius 2 is 1.75 bits per heavy atom. The summed E-state index contributed by atoms with van der Waals surface area (Å²) < 4.78 is 6.73. The first-order valence-electron chi connectivity index (χ1n) is 9.31. The van der Waals surface area contributed by atoms with Crippen LogP contribution in [-0.4, -0.2) is 11.9 Å². The number of amides is 3. The van der Waals surface area contributed by atoms with Crippen LogP contribution in [0.25, 0.3) is 6.08 Å². The van der Waals surface area contributed by atoms with Gasteiger partial charge in [-0.25, -0.2) is 9.69 Å². The van der Waals surface area contributed by atoms with Gasteiger partial charge in [0, 0.05) is 30.7 Å². The summed E-state index contributed by atoms with van der Waals surface area (Å²) in [6.45, 7) is 0.197. The molecule has 1 N–H and O–H groups in total. The molecule has 0 atom stereocenters. The summed E-state index contributed by atoms with van der Waals surface area (Å²) in [7, 11) is 0. The van der Waals surface area contributed by atoms with Gasteiger partial charge in [0.15, 0.2) is 0 Å². The number of urea groups is 1. The normalized spacial score (nSPS) is 14.8. The summed E-state index contributed by atoms with van der Waals surface area (Å²) >= 11 is 21.6. The fourth-order valence-corrected chi connectivity index (χ4v) is 4.12. The van der Waals surface area contributed by atoms with Gasteiger partial charge in [-0.1, -0.05) is 62.9 Å². The quantitative estimate of drug-likeness (QED) is 0.272. The number of nitrogens with one attached hydrogen (secondary N) is 1. The number of carbonyl (C=O) groups is 2. The number of anilines is 1. The Balaban J connectivity index is 1.61. The molecule has 1 saturated heterocycles. The van der Waals surface area contributed by atoms with E-state index in [9.17, 15) is 9.59 Å². The van der Waals surface area contributed by atoms with Gasteiger partial charge in [-0.2, -0.15) is 0 Å². The zero-order valence-corrected chi connectivity index (χ0v) is 20.1. The number of halogens is 4. The van der Waals surface area contributed by atoms with Crippen LogP contribution in [0.1, 0.15) is 11.1 Å². The van der Waals surface area contributed by atoms with Crippen molar-refractivity contribution in [3.63, 3.8) is 0 Å². The minimum Gasteiger partial charge on any atom is -0.488 e. The zero-order valence-electron chi connectivity index (χ0n) is 16.2. The number of hydrogen-bond donors (Lipinski definition) is 1. The van der Waals surface area contributed by atoms with Crippen LogP contribution in [0.5, 0.6) is 5.75 Å². The van der Waals surface area contributed by atoms with Gasteiger partial charge in [0.1, 0.15) is 18.1 Å². The van der Waals surface area contributed by atoms with Crippen molar-refractivity contribution < 1.29 is 14.3 Å². The van der Waals surface area contributed by atoms with Gasteiger partial charge >= 0.3 is 6.03 Å². The molecule has 0 unspecified atom stereocenters. The highest BCUT2D eigenvalue weighted by molar-refractivity contribution is 9.10. The highest BCUT2D eigenvalue weighted by Crippen LogP contribution is 2.30. The molecule has 0 saturated carbocycles. The summed E-state index contributed by atoms with van der Waals surface area (Å²) in [4.78, 5) is 26.4. The lowest BCUT2D eigenvalue weighted by Gasteiger charge is -2.12. The van der Waals surface area contributed by atoms with Crippen molar-refractivity contribution in [1.29, 1.82) is 0 Å². The SMILES string of the molecule is O=C1N/C(=C/c2cc(Br)ccc2OCc2ccc(Cl)cc2Cl)C(=O)N1c1cccc(Cl)c1. The average molecular weight is 553 g/mol. The predicted octanol–water partition coefficient (Wildman–Crippen LogP) is 7.09. The highest BCUT2D eigenvalue weighted by Gasteiger charge is 2.35. The third kappa shape index (κ3) is 4.94. The van der Waals surface area contributed by atoms with Crippen LogP contribution >= 0.6 is 50.7 Å². The molecule has 0 radical (unpaired) electrons. The Hall–Kier alpha value is -2.51. The van der Waals surface area contributed by atoms with E-state index in [1.54, 1.807) is 60.7 Å². The lowest BCUT2D eigenvalue weighted by molar-refractivity contribution is -0.113. The molecule has 1 aliphatic heterocycles. The lowest BCUT2D eigenvalue weighted by Crippen LogP contribution is -2.30. The number of nitrogens with zero attached hydrogens (tertiary/aromatic N) is 1. The summed E-state index contributed by atoms with van der Waals surface area (Å²) in [5, 5.41) is 4.05. The van der Waals surface area contributed by atoms with E-state index in [0.29, 0.717) is 32.1 Å². The maximum absolute atomic E-state index is 12.9. The Morgan fingerprint density at radius 1 is 0.969 bits per heavy atom. The predicted molar refractivity (Wildman–Crippen MR) is 130 cm³/mol. The number of ether oxygens (including phenoxy) is 1. The van der Waals surface area contributed by atoms with Crippen LogP contribution < -0.4 is 15.0 Å². The second-order valence-corrected chi connectivity index (χ2v) is 9.01. The highest BCUT2D eigenvalue weighted by atomic mass is 79.9. The average Bonchev–Trinajstić information content (AvgIpc) is 3.01. The molecule has 5 nitrogen and oxygen atoms in total. The van der Waals surface area contributed by atoms with Crippen molar-refractivity contribution in [2.24, 2.45) is 0 Å². The molecule has 162 valence electrons. The third-order valence-corrected chi connectivity index (χ3v) is 5.93. The second-order valence-electron chi connectivity index (χ2n) is 6.82. The third-order valence-electron chi connectivity index (χ3n) is 4.61. The molecule has 3 aromatic rings. The second kappa shape index (κ2) is 9.55. The molecule has 0 spiro atoms. The fourth-order valence-electron chi connectivity index (χ4n) is 3.10. The van der Waals surface area contributed by atoms with Crippen LogP contribution in [0.2, 0.25) is 15.1 Å². The molecular formula is C23H14BrCl3N2O3. The van der Waals surface area contributed by atoms with Crippen LogP contribution in [0, 0.1) is 0 Å². The number of imide groups is 1. The molecular weight excluding hydrogens is 539 g/mol. The van der Waals surface area contributed by atoms with E-state index in [1.165, 1.54) is 0 Å². The smallest absolute Gasteiger partial charge is 0.333 e. The van der Waals surface area contributed by atoms with Crippen molar-refractivity contribution >= 4 is 74.4 Å². The van der Waals surface area contributed by atoms with Crippen LogP contribution in [0.3, 0.4) is 0 Å². The van der Waals surface area contributed by atoms with Gasteiger partial charge in [-0.3, -0.25) is 4.79 Å². The van der Waals surface area contributed by atoms with E-state index in [2.05, 4.69) is 21.2 Å². The summed E-state index contributed by atoms with van der Waals surface area (Å²) in [5.41, 5.74) is 1.85. The van der Waals surface area contributed by atoms with E-state index >= 15 is 0 Å². The van der Waals surface area contributed by atoms with Crippen LogP contribution in [0.15, 0.2) is 70.8 Å². The number of rotatable bonds is 5. The van der Waals surface area contributed by atoms with Gasteiger partial charge < -0.3 is 10.1 Å². The Kier molecular flexibility index (Phi) is 6.76. The van der Waals surface area contributed by atoms with Crippen LogP contribution in [-0.2, 0) is 11.4 Å². The van der Waals surface area contributed by atoms with E-state index in [1.807, 2.05) is 6.07 Å². The Bertz CT molecular complexity index is 1260. The van der Waals surface area contributed by atoms with E-state index < -0.39 is 11.9 Å². The summed E-state index contributed by atoms with van der Waals surface area (Å²) in [6, 6.07) is 16.5. The summed E-state index contributed by atoms with van der Waals surface area (Å²) in [6.07, 6.45) is 1.56. The molecule has 0 aliphatic carbocycles. The molecule has 0 aromatic heterocycles. The Morgan fingerprint density at radius 3 is 2.50 bits per heavy atom. The summed E-state index contributed by atoms with van der Waals surface area (Å²) in [5.74, 6) is 0.0129. The van der Waals surface area contributed by atoms with Gasteiger partial charge in [0.2, 0.25) is 0 Å². The molecule has 1 fully saturated rings. The maximum Gasteiger partial charge on any atom is 0.333 e. The van der Waals surface area contributed by atoms with E-state index in [4.69, 9.17) is 39.5 Å². The zero-order chi connectivity index (χ0) is 22.8. The largest absolute Gasteiger partial charge is 0.488 e. The van der Waals surface area contributed by atoms with Crippen molar-refractivity contribution in [3.8, 4) is 5.75 Å². The minimum atomic E-state index is -0.561. The number of carbonyl (C=O) groups excluding carboxylic acids is 2. The van der Waals surface area contributed by atoms with Gasteiger partial charge in [0.05, 0.1) is 5.69 Å². The van der Waals surface area contributed by atoms with Crippen molar-refractivity contribution in [2.45, 2.75) is 6.61 Å². The minimum absolute atomic E-state index is 0.113. The molecule has 32 heavy (non-hydrogen) atoms. The molecule has 1 heterocycles. The van der Waals surface area contributed by atoms with Gasteiger partial charge in [-0.15, -0.1) is 0 Å². The van der Waals surface area contributed by atoms with Crippen molar-refractivity contribution in [2.75, 3.05) is 4.90 Å². The van der Waals surface area contributed by atoms with Crippen LogP contribution in [0.4, 0.5) is 10.5 Å². The molecule has 0 bridgehead atoms. The Labute approximate surface area is 207 Å². The van der Waals surface area contributed by atoms with Crippen molar-refractivity contribution in [3.05, 3.63) is 97.0 Å². The molecule has 9 heteroatoms. The topological polar surface area (TPSA) is 58.6 Å². The molecule has 1 aliphatic rings. The maximum atomic E-state index is 12.9. The van der Waals surface area contributed by atoms with E-state index in [0.717, 1.165) is 14.9 Å². The van der Waals surface area contributed by atoms with Gasteiger partial charge in [0.25, 0.3) is 5.91 Å². The molecule has 3 amide bonds. The first kappa shape index (κ1) is 22.7. The van der Waals surface area contributed by atoms with Gasteiger partial charge in [-0.05, 0) is 54.6 Å². The van der Waals surface area contributed by atoms with E-state index in [-0.39, 0.29) is 12.3 Å². The standard InChI is InChI=1S/C23H14BrCl3N2O3/c24-15-5-7-21(32-12-13-4-6-17(26)11-19(13)27)14(8-15)9-20-22(30)29(23(31)28-20)18-3-1-2-16(25)10-18/h1-11H,12H2,(H,28,31)/b20-9+. The fraction of sp³-hybridized carbons (Fsp3) is 0.0435. The van der Waals surface area contributed by atoms with Crippen molar-refractivity contribution in [1.82, 2.24) is 5.32 Å².